The molecule has 0 spiro atoms. The van der Waals surface area contributed by atoms with Gasteiger partial charge in [-0.05, 0) is 48.2 Å². The number of para-hydroxylation sites is 1. The molecule has 0 aliphatic heterocycles. The molecule has 0 unspecified atom stereocenters. The van der Waals surface area contributed by atoms with Crippen LogP contribution in [0.4, 0.5) is 0 Å². The van der Waals surface area contributed by atoms with E-state index in [9.17, 15) is 4.79 Å². The van der Waals surface area contributed by atoms with Gasteiger partial charge in [-0.15, -0.1) is 11.3 Å². The molecule has 0 atom stereocenters. The highest BCUT2D eigenvalue weighted by atomic mass is 32.1. The van der Waals surface area contributed by atoms with Crippen LogP contribution in [0, 0.1) is 0 Å². The summed E-state index contributed by atoms with van der Waals surface area (Å²) in [4.78, 5) is 17.7. The molecule has 0 fully saturated rings. The van der Waals surface area contributed by atoms with Gasteiger partial charge in [-0.2, -0.15) is 5.10 Å². The van der Waals surface area contributed by atoms with Gasteiger partial charge in [0.05, 0.1) is 5.71 Å². The van der Waals surface area contributed by atoms with Crippen molar-refractivity contribution in [1.29, 1.82) is 0 Å². The van der Waals surface area contributed by atoms with Gasteiger partial charge < -0.3 is 4.74 Å². The second-order valence-corrected chi connectivity index (χ2v) is 7.38. The average molecular weight is 401 g/mol. The number of nitrogens with zero attached hydrogens (tertiary/aromatic N) is 2. The normalized spacial score (nSPS) is 11.4. The molecule has 144 valence electrons. The molecule has 2 aromatic heterocycles. The number of benzene rings is 2. The summed E-state index contributed by atoms with van der Waals surface area (Å²) in [5.41, 5.74) is 5.73. The third kappa shape index (κ3) is 4.50. The average Bonchev–Trinajstić information content (AvgIpc) is 3.31. The van der Waals surface area contributed by atoms with Crippen LogP contribution in [0.1, 0.15) is 27.7 Å². The SMILES string of the molecule is CC(=NNC(=O)c1ccc(COc2cccc3cccnc23)cc1)c1cccs1. The van der Waals surface area contributed by atoms with Crippen molar-refractivity contribution in [2.75, 3.05) is 0 Å². The van der Waals surface area contributed by atoms with Gasteiger partial charge in [0.1, 0.15) is 17.9 Å². The van der Waals surface area contributed by atoms with E-state index in [-0.39, 0.29) is 5.91 Å². The van der Waals surface area contributed by atoms with Gasteiger partial charge in [-0.3, -0.25) is 9.78 Å². The number of hydrogen-bond donors (Lipinski definition) is 1. The van der Waals surface area contributed by atoms with Crippen molar-refractivity contribution >= 4 is 33.9 Å². The van der Waals surface area contributed by atoms with Crippen LogP contribution < -0.4 is 10.2 Å². The van der Waals surface area contributed by atoms with Gasteiger partial charge in [0, 0.05) is 22.0 Å². The Morgan fingerprint density at radius 2 is 1.90 bits per heavy atom. The lowest BCUT2D eigenvalue weighted by atomic mass is 10.1. The minimum atomic E-state index is -0.244. The lowest BCUT2D eigenvalue weighted by Crippen LogP contribution is -2.19. The molecule has 0 aliphatic rings. The predicted octanol–water partition coefficient (Wildman–Crippen LogP) is 5.03. The minimum absolute atomic E-state index is 0.244. The minimum Gasteiger partial charge on any atom is -0.487 e. The summed E-state index contributed by atoms with van der Waals surface area (Å²) < 4.78 is 5.94. The van der Waals surface area contributed by atoms with Crippen LogP contribution in [0.3, 0.4) is 0 Å². The fourth-order valence-corrected chi connectivity index (χ4v) is 3.52. The lowest BCUT2D eigenvalue weighted by Gasteiger charge is -2.09. The highest BCUT2D eigenvalue weighted by Crippen LogP contribution is 2.23. The Balaban J connectivity index is 1.39. The van der Waals surface area contributed by atoms with Crippen LogP contribution in [0.2, 0.25) is 0 Å². The van der Waals surface area contributed by atoms with Gasteiger partial charge in [0.15, 0.2) is 0 Å². The summed E-state index contributed by atoms with van der Waals surface area (Å²) in [6.45, 7) is 2.27. The predicted molar refractivity (Wildman–Crippen MR) is 117 cm³/mol. The van der Waals surface area contributed by atoms with Gasteiger partial charge in [0.2, 0.25) is 0 Å². The van der Waals surface area contributed by atoms with Crippen molar-refractivity contribution in [3.63, 3.8) is 0 Å². The number of aromatic nitrogens is 1. The molecular weight excluding hydrogens is 382 g/mol. The van der Waals surface area contributed by atoms with Gasteiger partial charge in [0.25, 0.3) is 5.91 Å². The summed E-state index contributed by atoms with van der Waals surface area (Å²) in [7, 11) is 0. The molecular formula is C23H19N3O2S. The third-order valence-corrected chi connectivity index (χ3v) is 5.39. The highest BCUT2D eigenvalue weighted by molar-refractivity contribution is 7.12. The Labute approximate surface area is 172 Å². The molecule has 1 N–H and O–H groups in total. The number of hydrazone groups is 1. The van der Waals surface area contributed by atoms with Crippen LogP contribution >= 0.6 is 11.3 Å². The molecule has 2 heterocycles. The molecule has 6 heteroatoms. The molecule has 4 aromatic rings. The van der Waals surface area contributed by atoms with Crippen molar-refractivity contribution < 1.29 is 9.53 Å². The fraction of sp³-hybridized carbons (Fsp3) is 0.0870. The standard InChI is InChI=1S/C23H19N3O2S/c1-16(21-8-4-14-29-21)25-26-23(27)19-11-9-17(10-12-19)15-28-20-7-2-5-18-6-3-13-24-22(18)20/h2-14H,15H2,1H3,(H,26,27). The second kappa shape index (κ2) is 8.67. The first-order chi connectivity index (χ1) is 14.2. The first kappa shape index (κ1) is 18.8. The van der Waals surface area contributed by atoms with Crippen molar-refractivity contribution in [3.05, 3.63) is 94.3 Å². The zero-order chi connectivity index (χ0) is 20.1. The Hall–Kier alpha value is -3.51. The third-order valence-electron chi connectivity index (χ3n) is 4.41. The number of amides is 1. The van der Waals surface area contributed by atoms with Crippen LogP contribution in [0.5, 0.6) is 5.75 Å². The zero-order valence-electron chi connectivity index (χ0n) is 15.8. The number of ether oxygens (including phenoxy) is 1. The molecule has 4 rings (SSSR count). The number of rotatable bonds is 6. The molecule has 0 radical (unpaired) electrons. The van der Waals surface area contributed by atoms with Gasteiger partial charge in [-0.1, -0.05) is 36.4 Å². The lowest BCUT2D eigenvalue weighted by molar-refractivity contribution is 0.0955. The number of carbonyl (C=O) groups excluding carboxylic acids is 1. The Morgan fingerprint density at radius 3 is 2.69 bits per heavy atom. The second-order valence-electron chi connectivity index (χ2n) is 6.43. The summed E-state index contributed by atoms with van der Waals surface area (Å²) in [6, 6.07) is 21.0. The number of carbonyl (C=O) groups is 1. The number of thiophene rings is 1. The van der Waals surface area contributed by atoms with E-state index < -0.39 is 0 Å². The molecule has 5 nitrogen and oxygen atoms in total. The molecule has 2 aromatic carbocycles. The molecule has 1 amide bonds. The monoisotopic (exact) mass is 401 g/mol. The first-order valence-electron chi connectivity index (χ1n) is 9.15. The first-order valence-corrected chi connectivity index (χ1v) is 10.0. The summed E-state index contributed by atoms with van der Waals surface area (Å²) >= 11 is 1.58. The number of fused-ring (bicyclic) bond motifs is 1. The number of nitrogens with one attached hydrogen (secondary N) is 1. The van der Waals surface area contributed by atoms with E-state index >= 15 is 0 Å². The van der Waals surface area contributed by atoms with Gasteiger partial charge >= 0.3 is 0 Å². The summed E-state index contributed by atoms with van der Waals surface area (Å²) in [5.74, 6) is 0.495. The maximum absolute atomic E-state index is 12.3. The van der Waals surface area contributed by atoms with Gasteiger partial charge in [-0.25, -0.2) is 5.43 Å². The van der Waals surface area contributed by atoms with E-state index in [0.717, 1.165) is 32.8 Å². The summed E-state index contributed by atoms with van der Waals surface area (Å²) in [6.07, 6.45) is 1.76. The molecule has 29 heavy (non-hydrogen) atoms. The maximum Gasteiger partial charge on any atom is 0.271 e. The number of hydrogen-bond acceptors (Lipinski definition) is 5. The maximum atomic E-state index is 12.3. The van der Waals surface area contributed by atoms with E-state index in [1.807, 2.05) is 66.9 Å². The summed E-state index contributed by atoms with van der Waals surface area (Å²) in [5, 5.41) is 7.18. The van der Waals surface area contributed by atoms with Crippen molar-refractivity contribution in [1.82, 2.24) is 10.4 Å². The topological polar surface area (TPSA) is 63.6 Å². The highest BCUT2D eigenvalue weighted by Gasteiger charge is 2.07. The quantitative estimate of drug-likeness (QED) is 0.364. The van der Waals surface area contributed by atoms with E-state index in [4.69, 9.17) is 4.74 Å². The van der Waals surface area contributed by atoms with Crippen LogP contribution in [-0.2, 0) is 6.61 Å². The zero-order valence-corrected chi connectivity index (χ0v) is 16.6. The smallest absolute Gasteiger partial charge is 0.271 e. The van der Waals surface area contributed by atoms with Crippen molar-refractivity contribution in [2.45, 2.75) is 13.5 Å². The van der Waals surface area contributed by atoms with E-state index in [2.05, 4.69) is 15.5 Å². The van der Waals surface area contributed by atoms with Crippen LogP contribution in [-0.4, -0.2) is 16.6 Å². The molecule has 0 bridgehead atoms. The van der Waals surface area contributed by atoms with Crippen molar-refractivity contribution in [2.24, 2.45) is 5.10 Å². The van der Waals surface area contributed by atoms with E-state index in [0.29, 0.717) is 12.2 Å². The van der Waals surface area contributed by atoms with E-state index in [1.54, 1.807) is 29.7 Å². The molecule has 0 aliphatic carbocycles. The molecule has 0 saturated heterocycles. The Bertz CT molecular complexity index is 1150. The fourth-order valence-electron chi connectivity index (χ4n) is 2.84. The Kier molecular flexibility index (Phi) is 5.63. The largest absolute Gasteiger partial charge is 0.487 e. The molecule has 0 saturated carbocycles. The van der Waals surface area contributed by atoms with Crippen molar-refractivity contribution in [3.8, 4) is 5.75 Å². The van der Waals surface area contributed by atoms with E-state index in [1.165, 1.54) is 0 Å². The number of pyridine rings is 1. The van der Waals surface area contributed by atoms with Crippen LogP contribution in [0.25, 0.3) is 10.9 Å². The van der Waals surface area contributed by atoms with Crippen LogP contribution in [0.15, 0.2) is 83.4 Å². The Morgan fingerprint density at radius 1 is 1.07 bits per heavy atom.